The number of sulfone groups is 1. The maximum Gasteiger partial charge on any atom is 0.188 e. The number of hydrogen-bond acceptors (Lipinski definition) is 4. The first-order chi connectivity index (χ1) is 11.9. The molecule has 0 aromatic heterocycles. The number of fused-ring (bicyclic) bond motifs is 2. The molecule has 4 nitrogen and oxygen atoms in total. The molecule has 1 N–H and O–H groups in total. The number of hydrogen-bond donors (Lipinski definition) is 1. The molecule has 1 aliphatic carbocycles. The summed E-state index contributed by atoms with van der Waals surface area (Å²) in [7, 11) is -3.20. The number of aryl methyl sites for hydroxylation is 1. The van der Waals surface area contributed by atoms with Crippen molar-refractivity contribution in [1.29, 1.82) is 5.41 Å². The van der Waals surface area contributed by atoms with Crippen LogP contribution < -0.4 is 0 Å². The van der Waals surface area contributed by atoms with Gasteiger partial charge >= 0.3 is 0 Å². The first-order valence-electron chi connectivity index (χ1n) is 8.30. The number of rotatable bonds is 2. The van der Waals surface area contributed by atoms with Gasteiger partial charge in [-0.2, -0.15) is 0 Å². The Kier molecular flexibility index (Phi) is 3.76. The molecule has 5 heteroatoms. The molecule has 1 atom stereocenters. The van der Waals surface area contributed by atoms with Crippen LogP contribution in [0.5, 0.6) is 0 Å². The van der Waals surface area contributed by atoms with E-state index in [1.54, 1.807) is 12.1 Å². The fourth-order valence-corrected chi connectivity index (χ4v) is 4.34. The molecule has 2 aliphatic rings. The van der Waals surface area contributed by atoms with Crippen molar-refractivity contribution in [3.63, 3.8) is 0 Å². The second kappa shape index (κ2) is 5.85. The lowest BCUT2D eigenvalue weighted by Gasteiger charge is -2.33. The van der Waals surface area contributed by atoms with Gasteiger partial charge in [-0.25, -0.2) is 8.42 Å². The highest BCUT2D eigenvalue weighted by Gasteiger charge is 2.33. The van der Waals surface area contributed by atoms with Gasteiger partial charge in [0.25, 0.3) is 0 Å². The molecular weight excluding hydrogens is 334 g/mol. The molecule has 128 valence electrons. The third-order valence-corrected chi connectivity index (χ3v) is 6.09. The van der Waals surface area contributed by atoms with Gasteiger partial charge in [-0.05, 0) is 41.7 Å². The minimum atomic E-state index is -3.20. The zero-order chi connectivity index (χ0) is 17.6. The third kappa shape index (κ3) is 2.89. The van der Waals surface area contributed by atoms with Crippen LogP contribution in [0.1, 0.15) is 35.4 Å². The lowest BCUT2D eigenvalue weighted by Crippen LogP contribution is -2.23. The summed E-state index contributed by atoms with van der Waals surface area (Å²) in [6, 6.07) is 15.2. The molecule has 1 aliphatic heterocycles. The molecule has 0 bridgehead atoms. The van der Waals surface area contributed by atoms with Crippen molar-refractivity contribution in [2.75, 3.05) is 6.26 Å². The van der Waals surface area contributed by atoms with Crippen molar-refractivity contribution in [2.24, 2.45) is 0 Å². The van der Waals surface area contributed by atoms with Gasteiger partial charge in [0, 0.05) is 24.2 Å². The first-order valence-corrected chi connectivity index (χ1v) is 10.2. The summed E-state index contributed by atoms with van der Waals surface area (Å²) in [4.78, 5) is 0.321. The van der Waals surface area contributed by atoms with Crippen LogP contribution in [0.25, 0.3) is 5.76 Å². The average Bonchev–Trinajstić information content (AvgIpc) is 2.60. The topological polar surface area (TPSA) is 67.2 Å². The Hall–Kier alpha value is -2.40. The molecule has 0 saturated heterocycles. The minimum absolute atomic E-state index is 0.0678. The zero-order valence-corrected chi connectivity index (χ0v) is 14.8. The summed E-state index contributed by atoms with van der Waals surface area (Å²) in [5, 5.41) is 8.12. The SMILES string of the molecule is CS(=O)(=O)c1ccc(C2CC(=N)OC3=C2CCc2ccccc23)cc1. The zero-order valence-electron chi connectivity index (χ0n) is 14.0. The third-order valence-electron chi connectivity index (χ3n) is 4.96. The second-order valence-electron chi connectivity index (χ2n) is 6.63. The number of allylic oxidation sites excluding steroid dienone is 1. The van der Waals surface area contributed by atoms with E-state index in [9.17, 15) is 8.42 Å². The van der Waals surface area contributed by atoms with Crippen molar-refractivity contribution in [2.45, 2.75) is 30.1 Å². The van der Waals surface area contributed by atoms with E-state index >= 15 is 0 Å². The molecule has 2 aromatic rings. The van der Waals surface area contributed by atoms with E-state index in [1.807, 2.05) is 30.3 Å². The normalized spacial score (nSPS) is 19.9. The summed E-state index contributed by atoms with van der Waals surface area (Å²) in [5.74, 6) is 1.14. The molecule has 0 amide bonds. The molecule has 0 spiro atoms. The quantitative estimate of drug-likeness (QED) is 0.889. The molecule has 0 radical (unpaired) electrons. The maximum absolute atomic E-state index is 11.7. The van der Waals surface area contributed by atoms with Crippen molar-refractivity contribution in [3.05, 3.63) is 70.8 Å². The Balaban J connectivity index is 1.79. The van der Waals surface area contributed by atoms with Gasteiger partial charge in [0.1, 0.15) is 5.76 Å². The summed E-state index contributed by atoms with van der Waals surface area (Å²) in [5.41, 5.74) is 4.57. The fourth-order valence-electron chi connectivity index (χ4n) is 3.71. The molecule has 25 heavy (non-hydrogen) atoms. The van der Waals surface area contributed by atoms with Crippen LogP contribution in [0.15, 0.2) is 59.0 Å². The van der Waals surface area contributed by atoms with Gasteiger partial charge < -0.3 is 4.74 Å². The van der Waals surface area contributed by atoms with E-state index in [0.717, 1.165) is 29.7 Å². The van der Waals surface area contributed by atoms with Crippen LogP contribution in [0.2, 0.25) is 0 Å². The van der Waals surface area contributed by atoms with E-state index in [0.29, 0.717) is 11.3 Å². The summed E-state index contributed by atoms with van der Waals surface area (Å²) in [6.45, 7) is 0. The predicted molar refractivity (Wildman–Crippen MR) is 97.4 cm³/mol. The van der Waals surface area contributed by atoms with Gasteiger partial charge in [-0.3, -0.25) is 5.41 Å². The van der Waals surface area contributed by atoms with E-state index in [2.05, 4.69) is 6.07 Å². The van der Waals surface area contributed by atoms with Crippen LogP contribution in [-0.4, -0.2) is 20.6 Å². The largest absolute Gasteiger partial charge is 0.443 e. The molecule has 0 fully saturated rings. The van der Waals surface area contributed by atoms with E-state index in [-0.39, 0.29) is 11.8 Å². The second-order valence-corrected chi connectivity index (χ2v) is 8.65. The molecule has 4 rings (SSSR count). The lowest BCUT2D eigenvalue weighted by atomic mass is 9.78. The highest BCUT2D eigenvalue weighted by Crippen LogP contribution is 2.44. The molecule has 1 unspecified atom stereocenters. The summed E-state index contributed by atoms with van der Waals surface area (Å²) >= 11 is 0. The first kappa shape index (κ1) is 16.1. The van der Waals surface area contributed by atoms with Crippen molar-refractivity contribution in [3.8, 4) is 0 Å². The van der Waals surface area contributed by atoms with Gasteiger partial charge in [0.15, 0.2) is 15.7 Å². The van der Waals surface area contributed by atoms with Gasteiger partial charge in [-0.15, -0.1) is 0 Å². The van der Waals surface area contributed by atoms with Gasteiger partial charge in [0.2, 0.25) is 0 Å². The Morgan fingerprint density at radius 1 is 1.04 bits per heavy atom. The molecule has 0 saturated carbocycles. The highest BCUT2D eigenvalue weighted by atomic mass is 32.2. The number of benzene rings is 2. The summed E-state index contributed by atoms with van der Waals surface area (Å²) in [6.07, 6.45) is 3.59. The Morgan fingerprint density at radius 2 is 1.76 bits per heavy atom. The van der Waals surface area contributed by atoms with E-state index in [4.69, 9.17) is 10.1 Å². The van der Waals surface area contributed by atoms with E-state index < -0.39 is 9.84 Å². The average molecular weight is 353 g/mol. The van der Waals surface area contributed by atoms with Crippen LogP contribution >= 0.6 is 0 Å². The summed E-state index contributed by atoms with van der Waals surface area (Å²) < 4.78 is 29.2. The van der Waals surface area contributed by atoms with Crippen molar-refractivity contribution < 1.29 is 13.2 Å². The maximum atomic E-state index is 11.7. The van der Waals surface area contributed by atoms with Gasteiger partial charge in [-0.1, -0.05) is 36.4 Å². The van der Waals surface area contributed by atoms with Crippen LogP contribution in [0, 0.1) is 5.41 Å². The number of ether oxygens (including phenoxy) is 1. The van der Waals surface area contributed by atoms with Crippen LogP contribution in [0.4, 0.5) is 0 Å². The van der Waals surface area contributed by atoms with E-state index in [1.165, 1.54) is 17.4 Å². The Labute approximate surface area is 147 Å². The van der Waals surface area contributed by atoms with Crippen LogP contribution in [0.3, 0.4) is 0 Å². The smallest absolute Gasteiger partial charge is 0.188 e. The standard InChI is InChI=1S/C20H19NO3S/c1-25(22,23)15-9-6-14(7-10-15)18-12-19(21)24-20-16-5-3-2-4-13(16)8-11-17(18)20/h2-7,9-10,18,21H,8,11-12H2,1H3. The number of nitrogens with one attached hydrogen (secondary N) is 1. The van der Waals surface area contributed by atoms with Crippen molar-refractivity contribution in [1.82, 2.24) is 0 Å². The molecule has 2 aromatic carbocycles. The molecule has 1 heterocycles. The van der Waals surface area contributed by atoms with Crippen LogP contribution in [-0.2, 0) is 21.0 Å². The Morgan fingerprint density at radius 3 is 2.48 bits per heavy atom. The monoisotopic (exact) mass is 353 g/mol. The minimum Gasteiger partial charge on any atom is -0.443 e. The lowest BCUT2D eigenvalue weighted by molar-refractivity contribution is 0.438. The highest BCUT2D eigenvalue weighted by molar-refractivity contribution is 7.90. The van der Waals surface area contributed by atoms with Crippen molar-refractivity contribution >= 4 is 21.5 Å². The van der Waals surface area contributed by atoms with Gasteiger partial charge in [0.05, 0.1) is 4.90 Å². The molecular formula is C20H19NO3S. The Bertz CT molecular complexity index is 988. The predicted octanol–water partition coefficient (Wildman–Crippen LogP) is 3.93. The fraction of sp³-hybridized carbons (Fsp3) is 0.250.